The number of aromatic nitrogens is 3. The Labute approximate surface area is 151 Å². The Hall–Kier alpha value is -1.79. The summed E-state index contributed by atoms with van der Waals surface area (Å²) in [5.74, 6) is 1.14. The molecule has 0 aliphatic carbocycles. The number of rotatable bonds is 7. The van der Waals surface area contributed by atoms with Gasteiger partial charge in [0.25, 0.3) is 0 Å². The molecule has 24 heavy (non-hydrogen) atoms. The number of likely N-dealkylation sites (N-methyl/N-ethyl adjacent to an activating group) is 1. The van der Waals surface area contributed by atoms with Crippen LogP contribution in [0, 0.1) is 0 Å². The van der Waals surface area contributed by atoms with Crippen LogP contribution in [-0.2, 0) is 11.8 Å². The Kier molecular flexibility index (Phi) is 6.45. The molecule has 1 aromatic heterocycles. The molecule has 0 aliphatic heterocycles. The number of carbonyl (C=O) groups is 1. The Morgan fingerprint density at radius 1 is 1.33 bits per heavy atom. The summed E-state index contributed by atoms with van der Waals surface area (Å²) in [5, 5.41) is 9.79. The van der Waals surface area contributed by atoms with Gasteiger partial charge in [0.2, 0.25) is 5.91 Å². The van der Waals surface area contributed by atoms with Gasteiger partial charge >= 0.3 is 0 Å². The Morgan fingerprint density at radius 2 is 2.00 bits per heavy atom. The number of amides is 1. The lowest BCUT2D eigenvalue weighted by atomic mass is 10.2. The van der Waals surface area contributed by atoms with E-state index in [2.05, 4.69) is 16.8 Å². The van der Waals surface area contributed by atoms with Crippen molar-refractivity contribution in [2.75, 3.05) is 18.8 Å². The smallest absolute Gasteiger partial charge is 0.233 e. The molecule has 0 atom stereocenters. The van der Waals surface area contributed by atoms with E-state index >= 15 is 0 Å². The molecule has 0 fully saturated rings. The van der Waals surface area contributed by atoms with Crippen LogP contribution in [0.25, 0.3) is 11.4 Å². The molecule has 1 heterocycles. The number of halogens is 1. The van der Waals surface area contributed by atoms with Crippen molar-refractivity contribution in [3.63, 3.8) is 0 Å². The van der Waals surface area contributed by atoms with Crippen molar-refractivity contribution < 1.29 is 4.79 Å². The van der Waals surface area contributed by atoms with E-state index in [-0.39, 0.29) is 5.91 Å². The van der Waals surface area contributed by atoms with Gasteiger partial charge in [0.15, 0.2) is 11.0 Å². The minimum atomic E-state index is 0.0709. The fourth-order valence-corrected chi connectivity index (χ4v) is 3.15. The molecule has 0 saturated carbocycles. The molecule has 0 aliphatic rings. The molecule has 0 radical (unpaired) electrons. The van der Waals surface area contributed by atoms with Crippen molar-refractivity contribution in [2.24, 2.45) is 7.05 Å². The third kappa shape index (κ3) is 4.61. The first-order chi connectivity index (χ1) is 11.4. The van der Waals surface area contributed by atoms with Gasteiger partial charge in [-0.05, 0) is 38.1 Å². The van der Waals surface area contributed by atoms with E-state index in [0.29, 0.717) is 29.0 Å². The first kappa shape index (κ1) is 18.5. The van der Waals surface area contributed by atoms with Crippen LogP contribution in [0.1, 0.15) is 13.8 Å². The molecule has 2 aromatic rings. The summed E-state index contributed by atoms with van der Waals surface area (Å²) >= 11 is 7.30. The van der Waals surface area contributed by atoms with Crippen molar-refractivity contribution in [1.29, 1.82) is 0 Å². The molecule has 128 valence electrons. The molecule has 7 heteroatoms. The first-order valence-corrected chi connectivity index (χ1v) is 8.99. The fourth-order valence-electron chi connectivity index (χ4n) is 2.21. The van der Waals surface area contributed by atoms with E-state index in [9.17, 15) is 4.79 Å². The van der Waals surface area contributed by atoms with Crippen LogP contribution in [0.3, 0.4) is 0 Å². The zero-order valence-electron chi connectivity index (χ0n) is 14.1. The van der Waals surface area contributed by atoms with Gasteiger partial charge in [-0.1, -0.05) is 35.5 Å². The Bertz CT molecular complexity index is 727. The van der Waals surface area contributed by atoms with E-state index in [0.717, 1.165) is 17.0 Å². The maximum Gasteiger partial charge on any atom is 0.233 e. The van der Waals surface area contributed by atoms with Crippen molar-refractivity contribution in [2.45, 2.75) is 19.0 Å². The zero-order valence-corrected chi connectivity index (χ0v) is 15.7. The second kappa shape index (κ2) is 8.35. The zero-order chi connectivity index (χ0) is 17.7. The highest BCUT2D eigenvalue weighted by Crippen LogP contribution is 2.24. The normalized spacial score (nSPS) is 10.7. The van der Waals surface area contributed by atoms with Gasteiger partial charge < -0.3 is 9.47 Å². The monoisotopic (exact) mass is 364 g/mol. The lowest BCUT2D eigenvalue weighted by molar-refractivity contribution is -0.127. The summed E-state index contributed by atoms with van der Waals surface area (Å²) in [7, 11) is 1.89. The summed E-state index contributed by atoms with van der Waals surface area (Å²) in [4.78, 5) is 14.1. The summed E-state index contributed by atoms with van der Waals surface area (Å²) < 4.78 is 1.89. The summed E-state index contributed by atoms with van der Waals surface area (Å²) in [6, 6.07) is 7.44. The van der Waals surface area contributed by atoms with Gasteiger partial charge in [0, 0.05) is 30.7 Å². The Morgan fingerprint density at radius 3 is 2.58 bits per heavy atom. The average molecular weight is 365 g/mol. The molecular weight excluding hydrogens is 344 g/mol. The number of carbonyl (C=O) groups excluding carboxylic acids is 1. The maximum absolute atomic E-state index is 12.3. The summed E-state index contributed by atoms with van der Waals surface area (Å²) in [5.41, 5.74) is 1.91. The van der Waals surface area contributed by atoms with Gasteiger partial charge in [0.05, 0.1) is 5.75 Å². The van der Waals surface area contributed by atoms with Gasteiger partial charge in [-0.2, -0.15) is 0 Å². The third-order valence-electron chi connectivity index (χ3n) is 3.46. The number of nitrogens with zero attached hydrogens (tertiary/aromatic N) is 4. The molecule has 0 N–H and O–H groups in total. The van der Waals surface area contributed by atoms with Crippen LogP contribution in [0.4, 0.5) is 0 Å². The molecule has 1 amide bonds. The maximum atomic E-state index is 12.3. The van der Waals surface area contributed by atoms with Crippen molar-refractivity contribution in [1.82, 2.24) is 19.7 Å². The minimum Gasteiger partial charge on any atom is -0.338 e. The number of hydrogen-bond donors (Lipinski definition) is 0. The number of thioether (sulfide) groups is 1. The first-order valence-electron chi connectivity index (χ1n) is 7.62. The number of benzene rings is 1. The van der Waals surface area contributed by atoms with Gasteiger partial charge in [-0.15, -0.1) is 10.2 Å². The average Bonchev–Trinajstić information content (AvgIpc) is 2.92. The van der Waals surface area contributed by atoms with E-state index < -0.39 is 0 Å². The predicted molar refractivity (Wildman–Crippen MR) is 99.2 cm³/mol. The summed E-state index contributed by atoms with van der Waals surface area (Å²) in [6.07, 6.45) is 0. The topological polar surface area (TPSA) is 51.0 Å². The lowest BCUT2D eigenvalue weighted by Gasteiger charge is -2.20. The van der Waals surface area contributed by atoms with E-state index in [1.165, 1.54) is 11.8 Å². The van der Waals surface area contributed by atoms with Crippen molar-refractivity contribution >= 4 is 29.3 Å². The molecule has 1 aromatic carbocycles. The second-order valence-electron chi connectivity index (χ2n) is 5.53. The van der Waals surface area contributed by atoms with E-state index in [4.69, 9.17) is 11.6 Å². The lowest BCUT2D eigenvalue weighted by Crippen LogP contribution is -2.33. The quantitative estimate of drug-likeness (QED) is 0.555. The van der Waals surface area contributed by atoms with Crippen LogP contribution in [0.5, 0.6) is 0 Å². The van der Waals surface area contributed by atoms with Gasteiger partial charge in [0.1, 0.15) is 0 Å². The van der Waals surface area contributed by atoms with Crippen molar-refractivity contribution in [3.8, 4) is 11.4 Å². The van der Waals surface area contributed by atoms with Gasteiger partial charge in [-0.3, -0.25) is 4.79 Å². The molecular formula is C17H21ClN4OS. The highest BCUT2D eigenvalue weighted by atomic mass is 35.5. The molecule has 0 unspecified atom stereocenters. The largest absolute Gasteiger partial charge is 0.338 e. The van der Waals surface area contributed by atoms with Crippen molar-refractivity contribution in [3.05, 3.63) is 41.4 Å². The second-order valence-corrected chi connectivity index (χ2v) is 6.90. The standard InChI is InChI=1S/C17H21ClN4OS/c1-5-22(10-12(2)3)15(23)11-24-17-20-19-16(21(17)4)13-6-8-14(18)9-7-13/h6-9H,2,5,10-11H2,1,3-4H3. The van der Waals surface area contributed by atoms with Crippen LogP contribution < -0.4 is 0 Å². The third-order valence-corrected chi connectivity index (χ3v) is 4.71. The van der Waals surface area contributed by atoms with Crippen LogP contribution in [-0.4, -0.2) is 44.4 Å². The molecule has 0 spiro atoms. The Balaban J connectivity index is 2.05. The van der Waals surface area contributed by atoms with E-state index in [1.54, 1.807) is 4.90 Å². The summed E-state index contributed by atoms with van der Waals surface area (Å²) in [6.45, 7) is 9.01. The highest BCUT2D eigenvalue weighted by molar-refractivity contribution is 7.99. The molecule has 5 nitrogen and oxygen atoms in total. The SMILES string of the molecule is C=C(C)CN(CC)C(=O)CSc1nnc(-c2ccc(Cl)cc2)n1C. The van der Waals surface area contributed by atoms with Crippen LogP contribution in [0.15, 0.2) is 41.6 Å². The van der Waals surface area contributed by atoms with Crippen LogP contribution >= 0.6 is 23.4 Å². The molecule has 2 rings (SSSR count). The highest BCUT2D eigenvalue weighted by Gasteiger charge is 2.16. The predicted octanol–water partition coefficient (Wildman–Crippen LogP) is 3.65. The molecule has 0 saturated heterocycles. The van der Waals surface area contributed by atoms with E-state index in [1.807, 2.05) is 49.7 Å². The van der Waals surface area contributed by atoms with Gasteiger partial charge in [-0.25, -0.2) is 0 Å². The van der Waals surface area contributed by atoms with Crippen LogP contribution in [0.2, 0.25) is 5.02 Å². The minimum absolute atomic E-state index is 0.0709. The fraction of sp³-hybridized carbons (Fsp3) is 0.353. The molecule has 0 bridgehead atoms. The number of hydrogen-bond acceptors (Lipinski definition) is 4.